The second kappa shape index (κ2) is 16.1. The number of esters is 1. The van der Waals surface area contributed by atoms with Crippen LogP contribution in [0.3, 0.4) is 0 Å². The van der Waals surface area contributed by atoms with Gasteiger partial charge in [-0.2, -0.15) is 0 Å². The molecule has 0 aliphatic rings. The molecule has 2 rings (SSSR count). The molecule has 2 N–H and O–H groups in total. The minimum Gasteiger partial charge on any atom is -0.458 e. The van der Waals surface area contributed by atoms with E-state index in [1.165, 1.54) is 4.90 Å². The molecule has 3 amide bonds. The molecule has 0 saturated heterocycles. The predicted octanol–water partition coefficient (Wildman–Crippen LogP) is 6.59. The summed E-state index contributed by atoms with van der Waals surface area (Å²) in [6.45, 7) is 21.9. The van der Waals surface area contributed by atoms with Gasteiger partial charge in [0.2, 0.25) is 11.8 Å². The van der Waals surface area contributed by atoms with Gasteiger partial charge in [0.25, 0.3) is 0 Å². The lowest BCUT2D eigenvalue weighted by molar-refractivity contribution is -0.159. The Balaban J connectivity index is 2.67. The SMILES string of the molecule is CCC(C)C(NC(=O)OC(C)(C)C)C(=O)N(C(C)C)C(C(=O)NC(Cc1ccccc1)C(=O)OC(C)(C)C)c1cc(C)ccc1C. The van der Waals surface area contributed by atoms with Crippen molar-refractivity contribution in [3.63, 3.8) is 0 Å². The van der Waals surface area contributed by atoms with E-state index in [0.29, 0.717) is 12.0 Å². The maximum atomic E-state index is 14.6. The number of carbonyl (C=O) groups is 4. The Labute approximate surface area is 275 Å². The van der Waals surface area contributed by atoms with Crippen molar-refractivity contribution in [1.82, 2.24) is 15.5 Å². The largest absolute Gasteiger partial charge is 0.458 e. The maximum Gasteiger partial charge on any atom is 0.408 e. The first-order valence-electron chi connectivity index (χ1n) is 16.2. The van der Waals surface area contributed by atoms with Crippen LogP contribution in [-0.4, -0.2) is 58.1 Å². The highest BCUT2D eigenvalue weighted by atomic mass is 16.6. The van der Waals surface area contributed by atoms with E-state index in [4.69, 9.17) is 9.47 Å². The number of rotatable bonds is 12. The molecule has 4 atom stereocenters. The highest BCUT2D eigenvalue weighted by Gasteiger charge is 2.41. The smallest absolute Gasteiger partial charge is 0.408 e. The first-order chi connectivity index (χ1) is 21.2. The summed E-state index contributed by atoms with van der Waals surface area (Å²) in [5.41, 5.74) is 1.65. The molecule has 0 spiro atoms. The summed E-state index contributed by atoms with van der Waals surface area (Å²) in [4.78, 5) is 57.1. The molecule has 0 aliphatic heterocycles. The number of nitrogens with one attached hydrogen (secondary N) is 2. The normalized spacial score (nSPS) is 14.5. The topological polar surface area (TPSA) is 114 Å². The van der Waals surface area contributed by atoms with Crippen molar-refractivity contribution in [2.24, 2.45) is 5.92 Å². The summed E-state index contributed by atoms with van der Waals surface area (Å²) in [6, 6.07) is 11.6. The predicted molar refractivity (Wildman–Crippen MR) is 181 cm³/mol. The van der Waals surface area contributed by atoms with E-state index in [1.807, 2.05) is 90.1 Å². The Morgan fingerprint density at radius 3 is 1.93 bits per heavy atom. The zero-order valence-electron chi connectivity index (χ0n) is 29.8. The van der Waals surface area contributed by atoms with Crippen molar-refractivity contribution in [1.29, 1.82) is 0 Å². The third-order valence-corrected chi connectivity index (χ3v) is 7.51. The Bertz CT molecular complexity index is 1340. The fraction of sp³-hybridized carbons (Fsp3) is 0.568. The highest BCUT2D eigenvalue weighted by molar-refractivity contribution is 5.94. The molecular weight excluding hydrogens is 582 g/mol. The number of aryl methyl sites for hydroxylation is 2. The van der Waals surface area contributed by atoms with Gasteiger partial charge < -0.3 is 25.0 Å². The van der Waals surface area contributed by atoms with Crippen molar-refractivity contribution in [3.05, 3.63) is 70.8 Å². The van der Waals surface area contributed by atoms with Crippen LogP contribution in [-0.2, 0) is 30.3 Å². The summed E-state index contributed by atoms with van der Waals surface area (Å²) in [5.74, 6) is -1.79. The summed E-state index contributed by atoms with van der Waals surface area (Å²) in [7, 11) is 0. The zero-order valence-corrected chi connectivity index (χ0v) is 29.8. The number of amides is 3. The number of nitrogens with zero attached hydrogens (tertiary/aromatic N) is 1. The number of benzene rings is 2. The van der Waals surface area contributed by atoms with Crippen LogP contribution in [0.4, 0.5) is 4.79 Å². The quantitative estimate of drug-likeness (QED) is 0.254. The molecule has 0 saturated carbocycles. The standard InChI is InChI=1S/C37H55N3O6/c1-13-25(5)30(39-35(44)46-37(10,11)12)33(42)40(23(2)3)31(28-21-24(4)19-20-26(28)6)32(41)38-29(34(43)45-36(7,8)9)22-27-17-15-14-16-18-27/h14-21,23,25,29-31H,13,22H2,1-12H3,(H,38,41)(H,39,44). The molecule has 0 aliphatic carbocycles. The molecule has 0 aromatic heterocycles. The van der Waals surface area contributed by atoms with Crippen molar-refractivity contribution < 1.29 is 28.7 Å². The third kappa shape index (κ3) is 11.5. The van der Waals surface area contributed by atoms with Crippen LogP contribution >= 0.6 is 0 Å². The van der Waals surface area contributed by atoms with E-state index >= 15 is 0 Å². The first kappa shape index (κ1) is 38.3. The number of alkyl carbamates (subject to hydrolysis) is 1. The summed E-state index contributed by atoms with van der Waals surface area (Å²) >= 11 is 0. The van der Waals surface area contributed by atoms with Crippen LogP contribution in [0.15, 0.2) is 48.5 Å². The van der Waals surface area contributed by atoms with Crippen LogP contribution in [0.2, 0.25) is 0 Å². The summed E-state index contributed by atoms with van der Waals surface area (Å²) in [6.07, 6.45) is 0.0817. The van der Waals surface area contributed by atoms with Crippen LogP contribution in [0.1, 0.15) is 104 Å². The van der Waals surface area contributed by atoms with Crippen LogP contribution in [0.25, 0.3) is 0 Å². The van der Waals surface area contributed by atoms with Crippen molar-refractivity contribution in [2.75, 3.05) is 0 Å². The van der Waals surface area contributed by atoms with Crippen molar-refractivity contribution >= 4 is 23.9 Å². The Morgan fingerprint density at radius 2 is 1.41 bits per heavy atom. The van der Waals surface area contributed by atoms with E-state index in [1.54, 1.807) is 41.5 Å². The molecule has 0 radical (unpaired) electrons. The van der Waals surface area contributed by atoms with Gasteiger partial charge in [-0.3, -0.25) is 9.59 Å². The van der Waals surface area contributed by atoms with E-state index in [0.717, 1.165) is 16.7 Å². The second-order valence-corrected chi connectivity index (χ2v) is 14.4. The molecule has 0 fully saturated rings. The van der Waals surface area contributed by atoms with E-state index in [9.17, 15) is 19.2 Å². The molecular formula is C37H55N3O6. The maximum absolute atomic E-state index is 14.6. The molecule has 2 aromatic rings. The number of hydrogen-bond donors (Lipinski definition) is 2. The zero-order chi connectivity index (χ0) is 35.0. The van der Waals surface area contributed by atoms with Gasteiger partial charge in [0.05, 0.1) is 0 Å². The number of hydrogen-bond acceptors (Lipinski definition) is 6. The van der Waals surface area contributed by atoms with Gasteiger partial charge in [-0.15, -0.1) is 0 Å². The Kier molecular flexibility index (Phi) is 13.4. The van der Waals surface area contributed by atoms with Gasteiger partial charge in [0.1, 0.15) is 29.3 Å². The Morgan fingerprint density at radius 1 is 0.826 bits per heavy atom. The average Bonchev–Trinajstić information content (AvgIpc) is 2.93. The fourth-order valence-electron chi connectivity index (χ4n) is 5.10. The number of carbonyl (C=O) groups excluding carboxylic acids is 4. The molecule has 0 bridgehead atoms. The van der Waals surface area contributed by atoms with Crippen molar-refractivity contribution in [2.45, 2.75) is 131 Å². The van der Waals surface area contributed by atoms with Gasteiger partial charge in [0, 0.05) is 12.5 Å². The molecule has 9 nitrogen and oxygen atoms in total. The lowest BCUT2D eigenvalue weighted by Crippen LogP contribution is -2.58. The molecule has 2 aromatic carbocycles. The summed E-state index contributed by atoms with van der Waals surface area (Å²) < 4.78 is 11.2. The monoisotopic (exact) mass is 637 g/mol. The van der Waals surface area contributed by atoms with Gasteiger partial charge >= 0.3 is 12.1 Å². The van der Waals surface area contributed by atoms with Crippen LogP contribution in [0, 0.1) is 19.8 Å². The van der Waals surface area contributed by atoms with E-state index < -0.39 is 59.2 Å². The molecule has 46 heavy (non-hydrogen) atoms. The van der Waals surface area contributed by atoms with E-state index in [2.05, 4.69) is 10.6 Å². The average molecular weight is 638 g/mol. The lowest BCUT2D eigenvalue weighted by Gasteiger charge is -2.39. The highest BCUT2D eigenvalue weighted by Crippen LogP contribution is 2.30. The van der Waals surface area contributed by atoms with Crippen LogP contribution in [0.5, 0.6) is 0 Å². The van der Waals surface area contributed by atoms with Gasteiger partial charge in [-0.25, -0.2) is 9.59 Å². The van der Waals surface area contributed by atoms with E-state index in [-0.39, 0.29) is 12.3 Å². The lowest BCUT2D eigenvalue weighted by atomic mass is 9.92. The number of ether oxygens (including phenoxy) is 2. The van der Waals surface area contributed by atoms with Gasteiger partial charge in [-0.05, 0) is 91.8 Å². The van der Waals surface area contributed by atoms with Gasteiger partial charge in [-0.1, -0.05) is 74.4 Å². The van der Waals surface area contributed by atoms with Crippen molar-refractivity contribution in [3.8, 4) is 0 Å². The third-order valence-electron chi connectivity index (χ3n) is 7.51. The molecule has 4 unspecified atom stereocenters. The minimum atomic E-state index is -1.11. The molecule has 9 heteroatoms. The fourth-order valence-corrected chi connectivity index (χ4v) is 5.10. The van der Waals surface area contributed by atoms with Crippen LogP contribution < -0.4 is 10.6 Å². The summed E-state index contributed by atoms with van der Waals surface area (Å²) in [5, 5.41) is 5.75. The second-order valence-electron chi connectivity index (χ2n) is 14.4. The van der Waals surface area contributed by atoms with Gasteiger partial charge in [0.15, 0.2) is 0 Å². The molecule has 0 heterocycles. The molecule has 254 valence electrons. The minimum absolute atomic E-state index is 0.201. The first-order valence-corrected chi connectivity index (χ1v) is 16.2. The Hall–Kier alpha value is -3.88.